The molecule has 2 rings (SSSR count). The van der Waals surface area contributed by atoms with Crippen molar-refractivity contribution in [3.63, 3.8) is 0 Å². The second kappa shape index (κ2) is 4.54. The summed E-state index contributed by atoms with van der Waals surface area (Å²) in [5.41, 5.74) is 0.751. The van der Waals surface area contributed by atoms with Crippen molar-refractivity contribution in [2.24, 2.45) is 5.84 Å². The number of alkyl halides is 3. The Balaban J connectivity index is 2.85. The zero-order valence-electron chi connectivity index (χ0n) is 9.68. The third kappa shape index (κ3) is 2.39. The van der Waals surface area contributed by atoms with E-state index in [9.17, 15) is 17.6 Å². The monoisotopic (exact) mass is 275 g/mol. The number of fused-ring (bicyclic) bond motifs is 1. The van der Waals surface area contributed by atoms with Gasteiger partial charge >= 0.3 is 6.18 Å². The maximum Gasteiger partial charge on any atom is 0.433 e. The molecule has 0 bridgehead atoms. The van der Waals surface area contributed by atoms with Crippen LogP contribution in [0.3, 0.4) is 0 Å². The predicted octanol–water partition coefficient (Wildman–Crippen LogP) is 2.69. The maximum absolute atomic E-state index is 13.3. The van der Waals surface area contributed by atoms with Gasteiger partial charge in [0.25, 0.3) is 0 Å². The molecule has 4 nitrogen and oxygen atoms in total. The van der Waals surface area contributed by atoms with E-state index in [0.717, 1.165) is 12.1 Å². The number of nitrogens with two attached hydrogens (primary N) is 1. The Labute approximate surface area is 105 Å². The van der Waals surface area contributed by atoms with Crippen LogP contribution in [-0.4, -0.2) is 12.1 Å². The fraction of sp³-hybridized carbons (Fsp3) is 0.182. The van der Waals surface area contributed by atoms with E-state index in [0.29, 0.717) is 6.07 Å². The molecule has 19 heavy (non-hydrogen) atoms. The lowest BCUT2D eigenvalue weighted by atomic mass is 10.1. The molecule has 0 aliphatic heterocycles. The van der Waals surface area contributed by atoms with Crippen molar-refractivity contribution in [3.05, 3.63) is 29.7 Å². The highest BCUT2D eigenvalue weighted by molar-refractivity contribution is 5.95. The van der Waals surface area contributed by atoms with Gasteiger partial charge < -0.3 is 10.2 Å². The van der Waals surface area contributed by atoms with E-state index in [1.54, 1.807) is 0 Å². The highest BCUT2D eigenvalue weighted by atomic mass is 19.4. The van der Waals surface area contributed by atoms with Gasteiger partial charge in [-0.1, -0.05) is 0 Å². The number of nitrogens with zero attached hydrogens (tertiary/aromatic N) is 1. The third-order valence-corrected chi connectivity index (χ3v) is 2.51. The van der Waals surface area contributed by atoms with E-state index in [-0.39, 0.29) is 22.3 Å². The normalized spacial score (nSPS) is 11.7. The SMILES string of the molecule is COc1cc(F)cc2c(NN)cc(C(F)(F)F)nc12. The van der Waals surface area contributed by atoms with Gasteiger partial charge in [-0.3, -0.25) is 5.84 Å². The summed E-state index contributed by atoms with van der Waals surface area (Å²) in [6.45, 7) is 0. The summed E-state index contributed by atoms with van der Waals surface area (Å²) in [4.78, 5) is 3.45. The molecular formula is C11H9F4N3O. The Kier molecular flexibility index (Phi) is 3.19. The van der Waals surface area contributed by atoms with Crippen LogP contribution in [-0.2, 0) is 6.18 Å². The lowest BCUT2D eigenvalue weighted by Gasteiger charge is -2.13. The van der Waals surface area contributed by atoms with E-state index in [1.807, 2.05) is 0 Å². The Morgan fingerprint density at radius 2 is 1.95 bits per heavy atom. The topological polar surface area (TPSA) is 60.2 Å². The molecule has 1 heterocycles. The lowest BCUT2D eigenvalue weighted by Crippen LogP contribution is -2.13. The minimum Gasteiger partial charge on any atom is -0.494 e. The number of hydrogen-bond donors (Lipinski definition) is 2. The number of aromatic nitrogens is 1. The van der Waals surface area contributed by atoms with Crippen molar-refractivity contribution in [1.82, 2.24) is 4.98 Å². The molecule has 102 valence electrons. The summed E-state index contributed by atoms with van der Waals surface area (Å²) in [6.07, 6.45) is -4.64. The third-order valence-electron chi connectivity index (χ3n) is 2.51. The minimum atomic E-state index is -4.64. The lowest BCUT2D eigenvalue weighted by molar-refractivity contribution is -0.140. The van der Waals surface area contributed by atoms with Crippen LogP contribution in [0, 0.1) is 5.82 Å². The molecule has 0 saturated carbocycles. The molecule has 8 heteroatoms. The summed E-state index contributed by atoms with van der Waals surface area (Å²) >= 11 is 0. The molecule has 0 atom stereocenters. The first-order chi connectivity index (χ1) is 8.86. The average Bonchev–Trinajstić information content (AvgIpc) is 2.35. The van der Waals surface area contributed by atoms with Gasteiger partial charge in [0.15, 0.2) is 0 Å². The van der Waals surface area contributed by atoms with Crippen molar-refractivity contribution in [3.8, 4) is 5.75 Å². The number of rotatable bonds is 2. The fourth-order valence-corrected chi connectivity index (χ4v) is 1.68. The molecule has 0 unspecified atom stereocenters. The van der Waals surface area contributed by atoms with Crippen LogP contribution in [0.15, 0.2) is 18.2 Å². The molecule has 3 N–H and O–H groups in total. The van der Waals surface area contributed by atoms with Gasteiger partial charge in [0, 0.05) is 11.5 Å². The van der Waals surface area contributed by atoms with Crippen molar-refractivity contribution in [2.45, 2.75) is 6.18 Å². The van der Waals surface area contributed by atoms with Gasteiger partial charge in [-0.2, -0.15) is 13.2 Å². The number of ether oxygens (including phenoxy) is 1. The molecule has 0 saturated heterocycles. The predicted molar refractivity (Wildman–Crippen MR) is 61.1 cm³/mol. The summed E-state index contributed by atoms with van der Waals surface area (Å²) in [5, 5.41) is 0.104. The van der Waals surface area contributed by atoms with E-state index in [1.165, 1.54) is 7.11 Å². The minimum absolute atomic E-state index is 0.0878. The van der Waals surface area contributed by atoms with Crippen LogP contribution in [0.4, 0.5) is 23.2 Å². The number of pyridine rings is 1. The first-order valence-corrected chi connectivity index (χ1v) is 5.09. The highest BCUT2D eigenvalue weighted by Gasteiger charge is 2.33. The Morgan fingerprint density at radius 3 is 2.47 bits per heavy atom. The summed E-state index contributed by atoms with van der Waals surface area (Å²) in [5.74, 6) is 4.40. The number of methoxy groups -OCH3 is 1. The standard InChI is InChI=1S/C11H9F4N3O/c1-19-8-3-5(12)2-6-7(18-16)4-9(11(13,14)15)17-10(6)8/h2-4H,16H2,1H3,(H,17,18). The molecule has 0 amide bonds. The Morgan fingerprint density at radius 1 is 1.26 bits per heavy atom. The van der Waals surface area contributed by atoms with Crippen LogP contribution in [0.1, 0.15) is 5.69 Å². The highest BCUT2D eigenvalue weighted by Crippen LogP contribution is 2.36. The molecule has 1 aromatic carbocycles. The van der Waals surface area contributed by atoms with Crippen LogP contribution < -0.4 is 16.0 Å². The molecule has 0 aliphatic carbocycles. The second-order valence-electron chi connectivity index (χ2n) is 3.70. The number of anilines is 1. The summed E-state index contributed by atoms with van der Waals surface area (Å²) in [6, 6.07) is 2.69. The van der Waals surface area contributed by atoms with E-state index >= 15 is 0 Å². The maximum atomic E-state index is 13.3. The zero-order valence-corrected chi connectivity index (χ0v) is 9.68. The average molecular weight is 275 g/mol. The quantitative estimate of drug-likeness (QED) is 0.502. The van der Waals surface area contributed by atoms with Crippen LogP contribution >= 0.6 is 0 Å². The Hall–Kier alpha value is -2.09. The van der Waals surface area contributed by atoms with Crippen LogP contribution in [0.2, 0.25) is 0 Å². The van der Waals surface area contributed by atoms with Crippen LogP contribution in [0.25, 0.3) is 10.9 Å². The molecular weight excluding hydrogens is 266 g/mol. The molecule has 0 fully saturated rings. The van der Waals surface area contributed by atoms with Gasteiger partial charge in [0.05, 0.1) is 12.8 Å². The van der Waals surface area contributed by atoms with E-state index in [2.05, 4.69) is 10.4 Å². The first-order valence-electron chi connectivity index (χ1n) is 5.09. The first kappa shape index (κ1) is 13.3. The van der Waals surface area contributed by atoms with Crippen molar-refractivity contribution in [2.75, 3.05) is 12.5 Å². The number of nitrogens with one attached hydrogen (secondary N) is 1. The van der Waals surface area contributed by atoms with Gasteiger partial charge in [0.1, 0.15) is 22.8 Å². The fourth-order valence-electron chi connectivity index (χ4n) is 1.68. The second-order valence-corrected chi connectivity index (χ2v) is 3.70. The van der Waals surface area contributed by atoms with E-state index in [4.69, 9.17) is 10.6 Å². The van der Waals surface area contributed by atoms with Gasteiger partial charge in [-0.15, -0.1) is 0 Å². The Bertz CT molecular complexity index is 627. The van der Waals surface area contributed by atoms with E-state index < -0.39 is 17.7 Å². The number of benzene rings is 1. The van der Waals surface area contributed by atoms with Crippen LogP contribution in [0.5, 0.6) is 5.75 Å². The van der Waals surface area contributed by atoms with Gasteiger partial charge in [0.2, 0.25) is 0 Å². The summed E-state index contributed by atoms with van der Waals surface area (Å²) in [7, 11) is 1.21. The number of hydrazine groups is 1. The zero-order chi connectivity index (χ0) is 14.2. The van der Waals surface area contributed by atoms with Crippen molar-refractivity contribution >= 4 is 16.6 Å². The molecule has 0 radical (unpaired) electrons. The number of halogens is 4. The van der Waals surface area contributed by atoms with Crippen molar-refractivity contribution < 1.29 is 22.3 Å². The largest absolute Gasteiger partial charge is 0.494 e. The molecule has 0 aliphatic rings. The van der Waals surface area contributed by atoms with Crippen molar-refractivity contribution in [1.29, 1.82) is 0 Å². The summed E-state index contributed by atoms with van der Waals surface area (Å²) < 4.78 is 56.3. The van der Waals surface area contributed by atoms with Gasteiger partial charge in [-0.25, -0.2) is 9.37 Å². The van der Waals surface area contributed by atoms with Gasteiger partial charge in [-0.05, 0) is 12.1 Å². The molecule has 1 aromatic heterocycles. The number of nitrogen functional groups attached to an aromatic ring is 1. The number of hydrogen-bond acceptors (Lipinski definition) is 4. The smallest absolute Gasteiger partial charge is 0.433 e. The molecule has 0 spiro atoms. The molecule has 2 aromatic rings.